The number of carbonyl (C=O) groups excluding carboxylic acids is 4. The third kappa shape index (κ3) is 9.20. The van der Waals surface area contributed by atoms with E-state index in [-0.39, 0.29) is 18.8 Å². The molecule has 1 unspecified atom stereocenters. The third-order valence-corrected chi connectivity index (χ3v) is 8.48. The second-order valence-electron chi connectivity index (χ2n) is 12.1. The molecule has 0 saturated heterocycles. The van der Waals surface area contributed by atoms with Gasteiger partial charge in [0.05, 0.1) is 18.3 Å². The van der Waals surface area contributed by atoms with Gasteiger partial charge in [0.1, 0.15) is 11.6 Å². The minimum atomic E-state index is -1.15. The average Bonchev–Trinajstić information content (AvgIpc) is 3.15. The molecule has 3 atom stereocenters. The minimum absolute atomic E-state index is 0.120. The molecule has 1 N–H and O–H groups in total. The molecule has 0 radical (unpaired) electrons. The van der Waals surface area contributed by atoms with Gasteiger partial charge in [0, 0.05) is 24.0 Å². The number of esters is 2. The maximum atomic E-state index is 14.7. The highest BCUT2D eigenvalue weighted by atomic mass is 32.2. The Bertz CT molecular complexity index is 1490. The number of carbonyl (C=O) groups is 4. The first-order valence-electron chi connectivity index (χ1n) is 15.6. The van der Waals surface area contributed by atoms with Crippen molar-refractivity contribution in [3.05, 3.63) is 96.1 Å². The second kappa shape index (κ2) is 15.9. The lowest BCUT2D eigenvalue weighted by Gasteiger charge is -2.40. The van der Waals surface area contributed by atoms with Crippen LogP contribution < -0.4 is 10.3 Å². The number of hydrogen-bond donors (Lipinski definition) is 1. The number of ether oxygens (including phenoxy) is 2. The zero-order valence-electron chi connectivity index (χ0n) is 27.1. The van der Waals surface area contributed by atoms with Crippen LogP contribution in [0.4, 0.5) is 5.69 Å². The number of rotatable bonds is 12. The SMILES string of the molecule is CCOC(=O)[C@@H](CCc1ccccc1)NC1CSc2ccccc2N(N(C(C)=O)[C@@H](Cc2ccccc2)C(=O)OC(C)(C)C)C1=O. The number of amides is 2. The van der Waals surface area contributed by atoms with Gasteiger partial charge in [-0.25, -0.2) is 14.8 Å². The van der Waals surface area contributed by atoms with Crippen molar-refractivity contribution in [2.75, 3.05) is 17.4 Å². The van der Waals surface area contributed by atoms with Crippen LogP contribution in [-0.2, 0) is 41.5 Å². The molecule has 2 amide bonds. The summed E-state index contributed by atoms with van der Waals surface area (Å²) in [5.74, 6) is -1.78. The van der Waals surface area contributed by atoms with Gasteiger partial charge >= 0.3 is 11.9 Å². The number of hydrazine groups is 1. The molecule has 1 aliphatic rings. The van der Waals surface area contributed by atoms with Gasteiger partial charge in [-0.1, -0.05) is 72.8 Å². The lowest BCUT2D eigenvalue weighted by molar-refractivity contribution is -0.165. The Morgan fingerprint density at radius 3 is 2.15 bits per heavy atom. The van der Waals surface area contributed by atoms with E-state index in [4.69, 9.17) is 9.47 Å². The van der Waals surface area contributed by atoms with Gasteiger partial charge in [0.25, 0.3) is 5.91 Å². The molecule has 46 heavy (non-hydrogen) atoms. The first kappa shape index (κ1) is 34.7. The molecular formula is C36H43N3O6S. The number of aryl methyl sites for hydroxylation is 1. The topological polar surface area (TPSA) is 105 Å². The molecule has 4 rings (SSSR count). The Morgan fingerprint density at radius 2 is 1.54 bits per heavy atom. The lowest BCUT2D eigenvalue weighted by atomic mass is 10.0. The van der Waals surface area contributed by atoms with Crippen molar-refractivity contribution in [3.63, 3.8) is 0 Å². The van der Waals surface area contributed by atoms with Crippen LogP contribution >= 0.6 is 11.8 Å². The first-order chi connectivity index (χ1) is 22.0. The van der Waals surface area contributed by atoms with Gasteiger partial charge in [0.2, 0.25) is 5.91 Å². The van der Waals surface area contributed by atoms with Crippen LogP contribution in [0, 0.1) is 0 Å². The number of nitrogens with one attached hydrogen (secondary N) is 1. The molecular weight excluding hydrogens is 602 g/mol. The van der Waals surface area contributed by atoms with Gasteiger partial charge in [-0.3, -0.25) is 19.7 Å². The molecule has 0 saturated carbocycles. The van der Waals surface area contributed by atoms with Crippen LogP contribution in [-0.4, -0.2) is 64.8 Å². The molecule has 0 fully saturated rings. The molecule has 0 aliphatic carbocycles. The van der Waals surface area contributed by atoms with Gasteiger partial charge < -0.3 is 9.47 Å². The lowest BCUT2D eigenvalue weighted by Crippen LogP contribution is -2.63. The molecule has 1 aliphatic heterocycles. The zero-order valence-corrected chi connectivity index (χ0v) is 27.9. The smallest absolute Gasteiger partial charge is 0.331 e. The fourth-order valence-electron chi connectivity index (χ4n) is 5.29. The fraction of sp³-hybridized carbons (Fsp3) is 0.389. The Hall–Kier alpha value is -4.15. The number of nitrogens with zero attached hydrogens (tertiary/aromatic N) is 2. The van der Waals surface area contributed by atoms with Crippen molar-refractivity contribution >= 4 is 41.2 Å². The van der Waals surface area contributed by atoms with Crippen LogP contribution in [0.25, 0.3) is 0 Å². The Morgan fingerprint density at radius 1 is 0.935 bits per heavy atom. The summed E-state index contributed by atoms with van der Waals surface area (Å²) < 4.78 is 11.2. The van der Waals surface area contributed by atoms with Gasteiger partial charge in [-0.05, 0) is 63.8 Å². The molecule has 0 spiro atoms. The molecule has 0 bridgehead atoms. The number of benzene rings is 3. The summed E-state index contributed by atoms with van der Waals surface area (Å²) in [4.78, 5) is 56.1. The number of hydrogen-bond acceptors (Lipinski definition) is 8. The van der Waals surface area contributed by atoms with E-state index in [0.717, 1.165) is 16.0 Å². The van der Waals surface area contributed by atoms with E-state index in [2.05, 4.69) is 5.32 Å². The third-order valence-electron chi connectivity index (χ3n) is 7.33. The van der Waals surface area contributed by atoms with Crippen LogP contribution in [0.3, 0.4) is 0 Å². The van der Waals surface area contributed by atoms with Crippen LogP contribution in [0.15, 0.2) is 89.8 Å². The van der Waals surface area contributed by atoms with Crippen molar-refractivity contribution in [1.29, 1.82) is 0 Å². The molecule has 244 valence electrons. The normalized spacial score (nSPS) is 16.1. The van der Waals surface area contributed by atoms with E-state index in [1.165, 1.54) is 28.7 Å². The predicted molar refractivity (Wildman–Crippen MR) is 179 cm³/mol. The standard InChI is InChI=1S/C36H43N3O6S/c1-6-44-34(42)28(22-21-26-15-9-7-10-16-26)37-29-24-46-32-20-14-13-19-30(32)39(33(29)41)38(25(2)40)31(35(43)45-36(3,4)5)23-27-17-11-8-12-18-27/h7-20,28-29,31,37H,6,21-24H2,1-5H3/t28-,29?,31+/m1/s1. The Labute approximate surface area is 275 Å². The monoisotopic (exact) mass is 645 g/mol. The Balaban J connectivity index is 1.74. The molecule has 9 nitrogen and oxygen atoms in total. The van der Waals surface area contributed by atoms with E-state index in [9.17, 15) is 19.2 Å². The van der Waals surface area contributed by atoms with Gasteiger partial charge in [-0.2, -0.15) is 0 Å². The van der Waals surface area contributed by atoms with E-state index >= 15 is 0 Å². The highest BCUT2D eigenvalue weighted by molar-refractivity contribution is 7.99. The molecule has 3 aromatic rings. The van der Waals surface area contributed by atoms with Gasteiger partial charge in [-0.15, -0.1) is 11.8 Å². The first-order valence-corrected chi connectivity index (χ1v) is 16.6. The molecule has 10 heteroatoms. The predicted octanol–water partition coefficient (Wildman–Crippen LogP) is 5.36. The Kier molecular flexibility index (Phi) is 12.0. The maximum Gasteiger partial charge on any atom is 0.331 e. The number of para-hydroxylation sites is 1. The average molecular weight is 646 g/mol. The van der Waals surface area contributed by atoms with Crippen molar-refractivity contribution < 1.29 is 28.7 Å². The van der Waals surface area contributed by atoms with E-state index in [1.807, 2.05) is 72.8 Å². The quantitative estimate of drug-likeness (QED) is 0.263. The summed E-state index contributed by atoms with van der Waals surface area (Å²) in [6.45, 7) is 8.55. The molecule has 1 heterocycles. The van der Waals surface area contributed by atoms with E-state index in [0.29, 0.717) is 18.5 Å². The summed E-state index contributed by atoms with van der Waals surface area (Å²) in [5, 5.41) is 5.79. The summed E-state index contributed by atoms with van der Waals surface area (Å²) >= 11 is 1.44. The van der Waals surface area contributed by atoms with Crippen molar-refractivity contribution in [3.8, 4) is 0 Å². The van der Waals surface area contributed by atoms with Gasteiger partial charge in [0.15, 0.2) is 6.04 Å². The summed E-state index contributed by atoms with van der Waals surface area (Å²) in [6.07, 6.45) is 1.11. The minimum Gasteiger partial charge on any atom is -0.465 e. The van der Waals surface area contributed by atoms with Crippen molar-refractivity contribution in [2.24, 2.45) is 0 Å². The molecule has 3 aromatic carbocycles. The van der Waals surface area contributed by atoms with Crippen LogP contribution in [0.2, 0.25) is 0 Å². The van der Waals surface area contributed by atoms with Crippen LogP contribution in [0.1, 0.15) is 52.2 Å². The fourth-order valence-corrected chi connectivity index (χ4v) is 6.36. The zero-order chi connectivity index (χ0) is 33.3. The molecule has 0 aromatic heterocycles. The largest absolute Gasteiger partial charge is 0.465 e. The summed E-state index contributed by atoms with van der Waals surface area (Å²) in [6, 6.07) is 23.5. The van der Waals surface area contributed by atoms with E-state index in [1.54, 1.807) is 39.8 Å². The number of fused-ring (bicyclic) bond motifs is 1. The van der Waals surface area contributed by atoms with Crippen molar-refractivity contribution in [2.45, 2.75) is 82.5 Å². The van der Waals surface area contributed by atoms with Crippen molar-refractivity contribution in [1.82, 2.24) is 10.3 Å². The number of anilines is 1. The number of thioether (sulfide) groups is 1. The van der Waals surface area contributed by atoms with Crippen LogP contribution in [0.5, 0.6) is 0 Å². The maximum absolute atomic E-state index is 14.7. The summed E-state index contributed by atoms with van der Waals surface area (Å²) in [7, 11) is 0. The van der Waals surface area contributed by atoms with E-state index < -0.39 is 47.5 Å². The highest BCUT2D eigenvalue weighted by Crippen LogP contribution is 2.36. The second-order valence-corrected chi connectivity index (χ2v) is 13.1. The summed E-state index contributed by atoms with van der Waals surface area (Å²) in [5.41, 5.74) is 1.49. The highest BCUT2D eigenvalue weighted by Gasteiger charge is 2.43.